The summed E-state index contributed by atoms with van der Waals surface area (Å²) in [6.45, 7) is 1.09. The monoisotopic (exact) mass is 467 g/mol. The Morgan fingerprint density at radius 3 is 2.32 bits per heavy atom. The zero-order valence-corrected chi connectivity index (χ0v) is 19.1. The van der Waals surface area contributed by atoms with Gasteiger partial charge in [-0.1, -0.05) is 30.3 Å². The molecule has 178 valence electrons. The average Bonchev–Trinajstić information content (AvgIpc) is 2.86. The molecule has 7 heteroatoms. The second kappa shape index (κ2) is 9.91. The van der Waals surface area contributed by atoms with Crippen LogP contribution in [0.15, 0.2) is 66.7 Å². The standard InChI is InChI=1S/C27H27F2NO4/c1-33-19-8-10-24(28)21(14-19)26(31)23-17-30(16-18-6-4-3-5-7-18)13-12-27(23,32)22-15-20(34-2)9-11-25(22)29/h3-11,14-15,23,32H,12-13,16-17H2,1-2H3/t23-,27+/m1/s1. The van der Waals surface area contributed by atoms with Gasteiger partial charge in [0.05, 0.1) is 25.7 Å². The lowest BCUT2D eigenvalue weighted by Gasteiger charge is -2.44. The van der Waals surface area contributed by atoms with Gasteiger partial charge in [-0.2, -0.15) is 0 Å². The van der Waals surface area contributed by atoms with E-state index in [1.165, 1.54) is 44.6 Å². The van der Waals surface area contributed by atoms with Crippen molar-refractivity contribution in [2.45, 2.75) is 18.6 Å². The highest BCUT2D eigenvalue weighted by Gasteiger charge is 2.48. The fourth-order valence-electron chi connectivity index (χ4n) is 4.58. The van der Waals surface area contributed by atoms with E-state index in [0.29, 0.717) is 24.6 Å². The minimum Gasteiger partial charge on any atom is -0.497 e. The minimum atomic E-state index is -1.85. The second-order valence-electron chi connectivity index (χ2n) is 8.50. The van der Waals surface area contributed by atoms with Gasteiger partial charge in [-0.15, -0.1) is 0 Å². The summed E-state index contributed by atoms with van der Waals surface area (Å²) >= 11 is 0. The van der Waals surface area contributed by atoms with Gasteiger partial charge >= 0.3 is 0 Å². The zero-order valence-electron chi connectivity index (χ0n) is 19.1. The van der Waals surface area contributed by atoms with Crippen molar-refractivity contribution in [3.63, 3.8) is 0 Å². The molecule has 0 aromatic heterocycles. The summed E-state index contributed by atoms with van der Waals surface area (Å²) in [7, 11) is 2.86. The molecular weight excluding hydrogens is 440 g/mol. The van der Waals surface area contributed by atoms with Crippen LogP contribution in [0.5, 0.6) is 11.5 Å². The van der Waals surface area contributed by atoms with Gasteiger partial charge in [0.2, 0.25) is 0 Å². The maximum atomic E-state index is 15.0. The average molecular weight is 468 g/mol. The van der Waals surface area contributed by atoms with Crippen LogP contribution in [0.4, 0.5) is 8.78 Å². The minimum absolute atomic E-state index is 0.0344. The Morgan fingerprint density at radius 1 is 1.00 bits per heavy atom. The van der Waals surface area contributed by atoms with Crippen molar-refractivity contribution in [1.29, 1.82) is 0 Å². The summed E-state index contributed by atoms with van der Waals surface area (Å²) in [5, 5.41) is 11.8. The third kappa shape index (κ3) is 4.67. The van der Waals surface area contributed by atoms with Crippen molar-refractivity contribution in [2.75, 3.05) is 27.3 Å². The van der Waals surface area contributed by atoms with E-state index in [0.717, 1.165) is 11.6 Å². The number of aliphatic hydroxyl groups is 1. The molecule has 4 rings (SSSR count). The van der Waals surface area contributed by atoms with Gasteiger partial charge in [-0.05, 0) is 48.4 Å². The lowest BCUT2D eigenvalue weighted by molar-refractivity contribution is -0.0681. The van der Waals surface area contributed by atoms with Gasteiger partial charge < -0.3 is 14.6 Å². The molecule has 1 heterocycles. The van der Waals surface area contributed by atoms with Gasteiger partial charge in [0, 0.05) is 25.2 Å². The number of rotatable bonds is 7. The summed E-state index contributed by atoms with van der Waals surface area (Å²) in [6.07, 6.45) is 0.0892. The molecule has 0 bridgehead atoms. The Bertz CT molecular complexity index is 1170. The third-order valence-corrected chi connectivity index (χ3v) is 6.47. The van der Waals surface area contributed by atoms with E-state index < -0.39 is 28.9 Å². The van der Waals surface area contributed by atoms with Crippen LogP contribution in [0.1, 0.15) is 27.9 Å². The maximum absolute atomic E-state index is 15.0. The molecule has 2 atom stereocenters. The van der Waals surface area contributed by atoms with Crippen LogP contribution in [0.2, 0.25) is 0 Å². The molecule has 1 N–H and O–H groups in total. The molecule has 1 saturated heterocycles. The number of likely N-dealkylation sites (tertiary alicyclic amines) is 1. The van der Waals surface area contributed by atoms with Crippen LogP contribution in [-0.2, 0) is 12.1 Å². The topological polar surface area (TPSA) is 59.0 Å². The Balaban J connectivity index is 1.76. The molecule has 0 spiro atoms. The number of benzene rings is 3. The second-order valence-corrected chi connectivity index (χ2v) is 8.50. The largest absolute Gasteiger partial charge is 0.497 e. The predicted molar refractivity (Wildman–Crippen MR) is 124 cm³/mol. The molecule has 0 amide bonds. The van der Waals surface area contributed by atoms with E-state index in [1.807, 2.05) is 35.2 Å². The number of hydrogen-bond donors (Lipinski definition) is 1. The summed E-state index contributed by atoms with van der Waals surface area (Å²) in [6, 6.07) is 17.7. The van der Waals surface area contributed by atoms with Gasteiger partial charge in [0.25, 0.3) is 0 Å². The van der Waals surface area contributed by atoms with Crippen molar-refractivity contribution < 1.29 is 28.2 Å². The van der Waals surface area contributed by atoms with Crippen LogP contribution in [0.3, 0.4) is 0 Å². The van der Waals surface area contributed by atoms with Gasteiger partial charge in [0.1, 0.15) is 28.7 Å². The van der Waals surface area contributed by atoms with Crippen LogP contribution >= 0.6 is 0 Å². The van der Waals surface area contributed by atoms with Crippen molar-refractivity contribution in [3.05, 3.63) is 95.1 Å². The van der Waals surface area contributed by atoms with E-state index in [2.05, 4.69) is 0 Å². The number of methoxy groups -OCH3 is 2. The van der Waals surface area contributed by atoms with Gasteiger partial charge in [-0.3, -0.25) is 9.69 Å². The molecule has 0 saturated carbocycles. The number of carbonyl (C=O) groups is 1. The molecule has 3 aromatic rings. The highest BCUT2D eigenvalue weighted by atomic mass is 19.1. The van der Waals surface area contributed by atoms with Crippen LogP contribution in [0, 0.1) is 17.6 Å². The van der Waals surface area contributed by atoms with E-state index in [4.69, 9.17) is 9.47 Å². The van der Waals surface area contributed by atoms with Crippen LogP contribution < -0.4 is 9.47 Å². The summed E-state index contributed by atoms with van der Waals surface area (Å²) in [4.78, 5) is 15.7. The van der Waals surface area contributed by atoms with E-state index >= 15 is 0 Å². The number of nitrogens with zero attached hydrogens (tertiary/aromatic N) is 1. The highest BCUT2D eigenvalue weighted by Crippen LogP contribution is 2.42. The van der Waals surface area contributed by atoms with E-state index in [9.17, 15) is 18.7 Å². The Kier molecular flexibility index (Phi) is 6.95. The van der Waals surface area contributed by atoms with Crippen molar-refractivity contribution in [3.8, 4) is 11.5 Å². The SMILES string of the molecule is COc1ccc(F)c(C(=O)[C@H]2CN(Cc3ccccc3)CC[C@]2(O)c2cc(OC)ccc2F)c1. The number of ketones is 1. The van der Waals surface area contributed by atoms with Gasteiger partial charge in [-0.25, -0.2) is 8.78 Å². The lowest BCUT2D eigenvalue weighted by atomic mass is 9.72. The number of halogens is 2. The first-order valence-electron chi connectivity index (χ1n) is 11.1. The first-order chi connectivity index (χ1) is 16.4. The predicted octanol–water partition coefficient (Wildman–Crippen LogP) is 4.57. The molecule has 0 radical (unpaired) electrons. The molecular formula is C27H27F2NO4. The quantitative estimate of drug-likeness (QED) is 0.516. The van der Waals surface area contributed by atoms with Crippen molar-refractivity contribution in [2.24, 2.45) is 5.92 Å². The molecule has 0 aliphatic carbocycles. The number of carbonyl (C=O) groups excluding carboxylic acids is 1. The smallest absolute Gasteiger partial charge is 0.173 e. The number of Topliss-reactive ketones (excluding diaryl/α,β-unsaturated/α-hetero) is 1. The molecule has 34 heavy (non-hydrogen) atoms. The van der Waals surface area contributed by atoms with Gasteiger partial charge in [0.15, 0.2) is 5.78 Å². The molecule has 1 fully saturated rings. The first-order valence-corrected chi connectivity index (χ1v) is 11.1. The zero-order chi connectivity index (χ0) is 24.3. The van der Waals surface area contributed by atoms with Crippen LogP contribution in [0.25, 0.3) is 0 Å². The Hall–Kier alpha value is -3.29. The lowest BCUT2D eigenvalue weighted by Crippen LogP contribution is -2.53. The van der Waals surface area contributed by atoms with Crippen molar-refractivity contribution in [1.82, 2.24) is 4.90 Å². The van der Waals surface area contributed by atoms with Crippen molar-refractivity contribution >= 4 is 5.78 Å². The first kappa shape index (κ1) is 23.9. The van der Waals surface area contributed by atoms with E-state index in [1.54, 1.807) is 0 Å². The number of piperidine rings is 1. The highest BCUT2D eigenvalue weighted by molar-refractivity contribution is 5.99. The molecule has 3 aromatic carbocycles. The fraction of sp³-hybridized carbons (Fsp3) is 0.296. The number of hydrogen-bond acceptors (Lipinski definition) is 5. The fourth-order valence-corrected chi connectivity index (χ4v) is 4.58. The summed E-state index contributed by atoms with van der Waals surface area (Å²) in [5.41, 5.74) is -1.04. The third-order valence-electron chi connectivity index (χ3n) is 6.47. The number of ether oxygens (including phenoxy) is 2. The molecule has 5 nitrogen and oxygen atoms in total. The Morgan fingerprint density at radius 2 is 1.65 bits per heavy atom. The molecule has 1 aliphatic rings. The van der Waals surface area contributed by atoms with E-state index in [-0.39, 0.29) is 24.1 Å². The summed E-state index contributed by atoms with van der Waals surface area (Å²) in [5.74, 6) is -2.43. The summed E-state index contributed by atoms with van der Waals surface area (Å²) < 4.78 is 40.1. The van der Waals surface area contributed by atoms with Crippen LogP contribution in [-0.4, -0.2) is 43.1 Å². The molecule has 1 aliphatic heterocycles. The molecule has 0 unspecified atom stereocenters. The maximum Gasteiger partial charge on any atom is 0.173 e. The Labute approximate surface area is 197 Å². The normalized spacial score (nSPS) is 20.7.